The lowest BCUT2D eigenvalue weighted by molar-refractivity contribution is 0.104. The van der Waals surface area contributed by atoms with Crippen LogP contribution in [0.4, 0.5) is 0 Å². The van der Waals surface area contributed by atoms with Gasteiger partial charge in [0.05, 0.1) is 0 Å². The zero-order valence-corrected chi connectivity index (χ0v) is 8.32. The Balaban J connectivity index is 2.72. The van der Waals surface area contributed by atoms with Crippen molar-refractivity contribution in [3.05, 3.63) is 42.1 Å². The molecule has 1 heterocycles. The Hall–Kier alpha value is -2.12. The number of hydrogen-bond donors (Lipinski definition) is 1. The lowest BCUT2D eigenvalue weighted by Gasteiger charge is -1.93. The number of benzene rings is 1. The van der Waals surface area contributed by atoms with Crippen molar-refractivity contribution >= 4 is 22.6 Å². The maximum Gasteiger partial charge on any atom is 0.197 e. The van der Waals surface area contributed by atoms with Crippen molar-refractivity contribution in [1.82, 2.24) is 4.57 Å². The van der Waals surface area contributed by atoms with E-state index < -0.39 is 0 Å². The van der Waals surface area contributed by atoms with Gasteiger partial charge in [0.2, 0.25) is 0 Å². The van der Waals surface area contributed by atoms with E-state index in [0.29, 0.717) is 5.56 Å². The van der Waals surface area contributed by atoms with Gasteiger partial charge in [-0.25, -0.2) is 0 Å². The molecule has 2 aromatic rings. The van der Waals surface area contributed by atoms with E-state index in [1.807, 2.05) is 41.8 Å². The van der Waals surface area contributed by atoms with Gasteiger partial charge in [-0.15, -0.1) is 0 Å². The normalized spacial score (nSPS) is 9.93. The van der Waals surface area contributed by atoms with Crippen molar-refractivity contribution in [3.63, 3.8) is 0 Å². The standard InChI is InChI=1S/C12H10N2O/c1-14-8-10(12(15)6-7-13)9-4-2-3-5-11(9)14/h2-6,8,13H,1H3. The second-order valence-corrected chi connectivity index (χ2v) is 3.32. The molecule has 1 N–H and O–H groups in total. The Bertz CT molecular complexity index is 574. The number of nitrogens with one attached hydrogen (secondary N) is 1. The van der Waals surface area contributed by atoms with Gasteiger partial charge in [0.25, 0.3) is 0 Å². The highest BCUT2D eigenvalue weighted by atomic mass is 16.1. The summed E-state index contributed by atoms with van der Waals surface area (Å²) in [6.07, 6.45) is 2.92. The van der Waals surface area contributed by atoms with Crippen molar-refractivity contribution in [3.8, 4) is 0 Å². The third kappa shape index (κ3) is 1.49. The molecule has 0 radical (unpaired) electrons. The summed E-state index contributed by atoms with van der Waals surface area (Å²) < 4.78 is 1.90. The molecule has 1 aromatic heterocycles. The summed E-state index contributed by atoms with van der Waals surface area (Å²) in [5.41, 5.74) is 1.63. The summed E-state index contributed by atoms with van der Waals surface area (Å²) in [5, 5.41) is 7.68. The second kappa shape index (κ2) is 3.56. The number of para-hydroxylation sites is 1. The summed E-state index contributed by atoms with van der Waals surface area (Å²) in [6.45, 7) is 0. The molecule has 0 fully saturated rings. The van der Waals surface area contributed by atoms with E-state index in [0.717, 1.165) is 17.0 Å². The van der Waals surface area contributed by atoms with Gasteiger partial charge in [-0.3, -0.25) is 10.2 Å². The molecule has 0 amide bonds. The average Bonchev–Trinajstić information content (AvgIpc) is 2.58. The molecule has 1 aromatic carbocycles. The summed E-state index contributed by atoms with van der Waals surface area (Å²) in [7, 11) is 1.90. The summed E-state index contributed by atoms with van der Waals surface area (Å²) >= 11 is 0. The van der Waals surface area contributed by atoms with E-state index in [1.54, 1.807) is 6.20 Å². The number of rotatable bonds is 2. The molecule has 0 aliphatic rings. The van der Waals surface area contributed by atoms with Gasteiger partial charge in [-0.2, -0.15) is 0 Å². The van der Waals surface area contributed by atoms with Gasteiger partial charge < -0.3 is 4.57 Å². The summed E-state index contributed by atoms with van der Waals surface area (Å²) in [5.74, 6) is 1.83. The monoisotopic (exact) mass is 198 g/mol. The van der Waals surface area contributed by atoms with Crippen molar-refractivity contribution in [2.45, 2.75) is 0 Å². The smallest absolute Gasteiger partial charge is 0.197 e. The van der Waals surface area contributed by atoms with Crippen LogP contribution in [-0.2, 0) is 7.05 Å². The average molecular weight is 198 g/mol. The molecule has 0 spiro atoms. The number of carbonyl (C=O) groups excluding carboxylic acids is 1. The highest BCUT2D eigenvalue weighted by Gasteiger charge is 2.10. The Labute approximate surface area is 87.1 Å². The Kier molecular flexibility index (Phi) is 2.24. The highest BCUT2D eigenvalue weighted by molar-refractivity contribution is 6.15. The fourth-order valence-corrected chi connectivity index (χ4v) is 1.68. The molecule has 15 heavy (non-hydrogen) atoms. The number of carbonyl (C=O) groups is 1. The molecule has 0 saturated carbocycles. The Morgan fingerprint density at radius 2 is 2.20 bits per heavy atom. The van der Waals surface area contributed by atoms with Crippen LogP contribution >= 0.6 is 0 Å². The van der Waals surface area contributed by atoms with Crippen LogP contribution in [0.5, 0.6) is 0 Å². The zero-order valence-electron chi connectivity index (χ0n) is 8.32. The van der Waals surface area contributed by atoms with Gasteiger partial charge in [0.1, 0.15) is 0 Å². The molecule has 0 saturated heterocycles. The van der Waals surface area contributed by atoms with E-state index in [4.69, 9.17) is 5.41 Å². The van der Waals surface area contributed by atoms with Crippen LogP contribution in [-0.4, -0.2) is 16.2 Å². The number of aryl methyl sites for hydroxylation is 1. The molecule has 74 valence electrons. The number of aromatic nitrogens is 1. The molecule has 0 unspecified atom stereocenters. The first kappa shape index (κ1) is 9.44. The predicted molar refractivity (Wildman–Crippen MR) is 59.5 cm³/mol. The number of fused-ring (bicyclic) bond motifs is 1. The lowest BCUT2D eigenvalue weighted by atomic mass is 10.1. The molecular weight excluding hydrogens is 188 g/mol. The SMILES string of the molecule is Cn1cc(C(=O)C=C=N)c2ccccc21. The molecule has 0 aliphatic carbocycles. The number of nitrogens with zero attached hydrogens (tertiary/aromatic N) is 1. The molecule has 3 nitrogen and oxygen atoms in total. The summed E-state index contributed by atoms with van der Waals surface area (Å²) in [4.78, 5) is 11.6. The van der Waals surface area contributed by atoms with Gasteiger partial charge in [0.15, 0.2) is 5.78 Å². The predicted octanol–water partition coefficient (Wildman–Crippen LogP) is 2.17. The van der Waals surface area contributed by atoms with Crippen LogP contribution in [0.3, 0.4) is 0 Å². The van der Waals surface area contributed by atoms with E-state index in [2.05, 4.69) is 0 Å². The number of allylic oxidation sites excluding steroid dienone is 1. The molecule has 0 bridgehead atoms. The van der Waals surface area contributed by atoms with Crippen LogP contribution in [0.15, 0.2) is 36.5 Å². The largest absolute Gasteiger partial charge is 0.350 e. The minimum atomic E-state index is -0.179. The van der Waals surface area contributed by atoms with Gasteiger partial charge in [0, 0.05) is 35.8 Å². The van der Waals surface area contributed by atoms with Gasteiger partial charge in [-0.05, 0) is 11.9 Å². The van der Waals surface area contributed by atoms with Crippen molar-refractivity contribution in [2.75, 3.05) is 0 Å². The van der Waals surface area contributed by atoms with Crippen molar-refractivity contribution < 1.29 is 4.79 Å². The summed E-state index contributed by atoms with van der Waals surface area (Å²) in [6, 6.07) is 7.69. The van der Waals surface area contributed by atoms with E-state index in [-0.39, 0.29) is 5.78 Å². The topological polar surface area (TPSA) is 45.9 Å². The maximum atomic E-state index is 11.6. The van der Waals surface area contributed by atoms with Crippen LogP contribution in [0.25, 0.3) is 10.9 Å². The van der Waals surface area contributed by atoms with Crippen molar-refractivity contribution in [2.24, 2.45) is 7.05 Å². The number of ketones is 1. The first-order chi connectivity index (χ1) is 7.24. The molecule has 0 atom stereocenters. The van der Waals surface area contributed by atoms with E-state index in [1.165, 1.54) is 0 Å². The molecule has 3 heteroatoms. The third-order valence-corrected chi connectivity index (χ3v) is 2.37. The van der Waals surface area contributed by atoms with Crippen LogP contribution in [0.1, 0.15) is 10.4 Å². The highest BCUT2D eigenvalue weighted by Crippen LogP contribution is 2.20. The molecular formula is C12H10N2O. The van der Waals surface area contributed by atoms with Gasteiger partial charge >= 0.3 is 0 Å². The Morgan fingerprint density at radius 3 is 2.93 bits per heavy atom. The fraction of sp³-hybridized carbons (Fsp3) is 0.0833. The second-order valence-electron chi connectivity index (χ2n) is 3.32. The fourth-order valence-electron chi connectivity index (χ4n) is 1.68. The van der Waals surface area contributed by atoms with Crippen LogP contribution < -0.4 is 0 Å². The number of hydrogen-bond acceptors (Lipinski definition) is 2. The molecule has 2 rings (SSSR count). The van der Waals surface area contributed by atoms with Crippen molar-refractivity contribution in [1.29, 1.82) is 5.41 Å². The Morgan fingerprint density at radius 1 is 1.47 bits per heavy atom. The quantitative estimate of drug-likeness (QED) is 0.448. The van der Waals surface area contributed by atoms with Crippen LogP contribution in [0, 0.1) is 5.41 Å². The lowest BCUT2D eigenvalue weighted by Crippen LogP contribution is -1.92. The first-order valence-corrected chi connectivity index (χ1v) is 4.58. The maximum absolute atomic E-state index is 11.6. The zero-order chi connectivity index (χ0) is 10.8. The third-order valence-electron chi connectivity index (χ3n) is 2.37. The van der Waals surface area contributed by atoms with E-state index >= 15 is 0 Å². The molecule has 0 aliphatic heterocycles. The van der Waals surface area contributed by atoms with E-state index in [9.17, 15) is 4.79 Å². The first-order valence-electron chi connectivity index (χ1n) is 4.58. The van der Waals surface area contributed by atoms with Gasteiger partial charge in [-0.1, -0.05) is 18.2 Å². The minimum Gasteiger partial charge on any atom is -0.350 e. The van der Waals surface area contributed by atoms with Crippen LogP contribution in [0.2, 0.25) is 0 Å². The minimum absolute atomic E-state index is 0.179.